The van der Waals surface area contributed by atoms with Crippen LogP contribution in [0.15, 0.2) is 12.1 Å². The van der Waals surface area contributed by atoms with E-state index in [2.05, 4.69) is 43.2 Å². The first-order valence-electron chi connectivity index (χ1n) is 7.23. The van der Waals surface area contributed by atoms with Crippen molar-refractivity contribution in [2.75, 3.05) is 19.0 Å². The molecule has 4 nitrogen and oxygen atoms in total. The number of nitrogens with zero attached hydrogens (tertiary/aromatic N) is 2. The third-order valence-corrected chi connectivity index (χ3v) is 3.79. The summed E-state index contributed by atoms with van der Waals surface area (Å²) in [7, 11) is 1.70. The van der Waals surface area contributed by atoms with E-state index < -0.39 is 0 Å². The molecule has 1 aromatic carbocycles. The Labute approximate surface area is 126 Å². The number of aryl methyl sites for hydroxylation is 3. The van der Waals surface area contributed by atoms with Gasteiger partial charge in [0.25, 0.3) is 0 Å². The SMILES string of the molecule is CCNc1nc(C)c(C)nc1-c1ccc(C)c(C)c1OC. The maximum absolute atomic E-state index is 5.62. The molecule has 0 aliphatic carbocycles. The van der Waals surface area contributed by atoms with Crippen LogP contribution in [0.5, 0.6) is 5.75 Å². The molecule has 0 radical (unpaired) electrons. The molecule has 0 unspecified atom stereocenters. The number of anilines is 1. The highest BCUT2D eigenvalue weighted by Gasteiger charge is 2.17. The predicted molar refractivity (Wildman–Crippen MR) is 87.1 cm³/mol. The second-order valence-electron chi connectivity index (χ2n) is 5.21. The quantitative estimate of drug-likeness (QED) is 0.927. The van der Waals surface area contributed by atoms with Gasteiger partial charge in [-0.2, -0.15) is 0 Å². The van der Waals surface area contributed by atoms with Crippen LogP contribution in [0, 0.1) is 27.7 Å². The molecule has 21 heavy (non-hydrogen) atoms. The minimum absolute atomic E-state index is 0.803. The fourth-order valence-electron chi connectivity index (χ4n) is 2.32. The van der Waals surface area contributed by atoms with Crippen molar-refractivity contribution >= 4 is 5.82 Å². The number of benzene rings is 1. The van der Waals surface area contributed by atoms with Gasteiger partial charge in [-0.05, 0) is 51.8 Å². The molecule has 0 aliphatic heterocycles. The summed E-state index contributed by atoms with van der Waals surface area (Å²) in [5, 5.41) is 3.30. The number of aromatic nitrogens is 2. The summed E-state index contributed by atoms with van der Waals surface area (Å²) < 4.78 is 5.62. The Balaban J connectivity index is 2.71. The Morgan fingerprint density at radius 2 is 1.71 bits per heavy atom. The molecule has 0 saturated carbocycles. The molecule has 4 heteroatoms. The standard InChI is InChI=1S/C17H23N3O/c1-7-18-17-15(19-12(4)13(5)20-17)14-9-8-10(2)11(3)16(14)21-6/h8-9H,7H2,1-6H3,(H,18,20). The summed E-state index contributed by atoms with van der Waals surface area (Å²) in [6.07, 6.45) is 0. The molecule has 1 N–H and O–H groups in total. The zero-order chi connectivity index (χ0) is 15.6. The predicted octanol–water partition coefficient (Wildman–Crippen LogP) is 3.82. The van der Waals surface area contributed by atoms with E-state index >= 15 is 0 Å². The number of hydrogen-bond acceptors (Lipinski definition) is 4. The first kappa shape index (κ1) is 15.3. The largest absolute Gasteiger partial charge is 0.496 e. The van der Waals surface area contributed by atoms with Crippen LogP contribution in [0.3, 0.4) is 0 Å². The number of methoxy groups -OCH3 is 1. The molecule has 0 aliphatic rings. The molecular formula is C17H23N3O. The van der Waals surface area contributed by atoms with E-state index in [1.165, 1.54) is 5.56 Å². The van der Waals surface area contributed by atoms with Gasteiger partial charge in [0.1, 0.15) is 11.4 Å². The summed E-state index contributed by atoms with van der Waals surface area (Å²) >= 11 is 0. The summed E-state index contributed by atoms with van der Waals surface area (Å²) in [4.78, 5) is 9.37. The van der Waals surface area contributed by atoms with E-state index in [-0.39, 0.29) is 0 Å². The van der Waals surface area contributed by atoms with Crippen molar-refractivity contribution in [1.82, 2.24) is 9.97 Å². The molecule has 0 bridgehead atoms. The normalized spacial score (nSPS) is 10.6. The first-order chi connectivity index (χ1) is 9.99. The van der Waals surface area contributed by atoms with Crippen LogP contribution >= 0.6 is 0 Å². The van der Waals surface area contributed by atoms with E-state index in [0.29, 0.717) is 0 Å². The number of nitrogens with one attached hydrogen (secondary N) is 1. The van der Waals surface area contributed by atoms with Crippen LogP contribution in [0.4, 0.5) is 5.82 Å². The van der Waals surface area contributed by atoms with Crippen LogP contribution in [0.2, 0.25) is 0 Å². The molecule has 1 aromatic heterocycles. The van der Waals surface area contributed by atoms with E-state index in [0.717, 1.165) is 46.3 Å². The van der Waals surface area contributed by atoms with Gasteiger partial charge in [-0.1, -0.05) is 6.07 Å². The Bertz CT molecular complexity index is 666. The van der Waals surface area contributed by atoms with Gasteiger partial charge in [0.15, 0.2) is 5.82 Å². The van der Waals surface area contributed by atoms with Crippen LogP contribution in [-0.4, -0.2) is 23.6 Å². The molecule has 0 atom stereocenters. The zero-order valence-corrected chi connectivity index (χ0v) is 13.7. The van der Waals surface area contributed by atoms with Crippen LogP contribution in [0.25, 0.3) is 11.3 Å². The van der Waals surface area contributed by atoms with Crippen molar-refractivity contribution in [3.63, 3.8) is 0 Å². The van der Waals surface area contributed by atoms with E-state index in [4.69, 9.17) is 9.72 Å². The Morgan fingerprint density at radius 1 is 1.05 bits per heavy atom. The van der Waals surface area contributed by atoms with Gasteiger partial charge in [-0.3, -0.25) is 0 Å². The molecule has 1 heterocycles. The van der Waals surface area contributed by atoms with Gasteiger partial charge < -0.3 is 10.1 Å². The van der Waals surface area contributed by atoms with Gasteiger partial charge in [0.05, 0.1) is 18.5 Å². The van der Waals surface area contributed by atoms with Gasteiger partial charge in [-0.25, -0.2) is 9.97 Å². The third-order valence-electron chi connectivity index (χ3n) is 3.79. The number of ether oxygens (including phenoxy) is 1. The summed E-state index contributed by atoms with van der Waals surface area (Å²) in [6.45, 7) is 11.0. The lowest BCUT2D eigenvalue weighted by Crippen LogP contribution is -2.07. The van der Waals surface area contributed by atoms with Crippen LogP contribution in [-0.2, 0) is 0 Å². The monoisotopic (exact) mass is 285 g/mol. The Kier molecular flexibility index (Phi) is 4.46. The highest BCUT2D eigenvalue weighted by molar-refractivity contribution is 5.78. The lowest BCUT2D eigenvalue weighted by Gasteiger charge is -2.16. The van der Waals surface area contributed by atoms with Crippen molar-refractivity contribution in [1.29, 1.82) is 0 Å². The second-order valence-corrected chi connectivity index (χ2v) is 5.21. The Morgan fingerprint density at radius 3 is 2.33 bits per heavy atom. The minimum atomic E-state index is 0.803. The maximum atomic E-state index is 5.62. The van der Waals surface area contributed by atoms with Crippen LogP contribution in [0.1, 0.15) is 29.4 Å². The van der Waals surface area contributed by atoms with E-state index in [1.54, 1.807) is 7.11 Å². The number of hydrogen-bond donors (Lipinski definition) is 1. The summed E-state index contributed by atoms with van der Waals surface area (Å²) in [5.74, 6) is 1.67. The fourth-order valence-corrected chi connectivity index (χ4v) is 2.32. The molecule has 112 valence electrons. The molecule has 2 rings (SSSR count). The summed E-state index contributed by atoms with van der Waals surface area (Å²) in [6, 6.07) is 4.15. The first-order valence-corrected chi connectivity index (χ1v) is 7.23. The number of rotatable bonds is 4. The van der Waals surface area contributed by atoms with Crippen molar-refractivity contribution in [2.45, 2.75) is 34.6 Å². The van der Waals surface area contributed by atoms with E-state index in [9.17, 15) is 0 Å². The third kappa shape index (κ3) is 2.84. The molecule has 2 aromatic rings. The van der Waals surface area contributed by atoms with Crippen molar-refractivity contribution < 1.29 is 4.74 Å². The van der Waals surface area contributed by atoms with Gasteiger partial charge >= 0.3 is 0 Å². The van der Waals surface area contributed by atoms with Crippen molar-refractivity contribution in [3.05, 3.63) is 34.6 Å². The lowest BCUT2D eigenvalue weighted by atomic mass is 10.0. The molecule has 0 amide bonds. The van der Waals surface area contributed by atoms with Gasteiger partial charge in [0, 0.05) is 12.1 Å². The highest BCUT2D eigenvalue weighted by atomic mass is 16.5. The summed E-state index contributed by atoms with van der Waals surface area (Å²) in [5.41, 5.74) is 6.05. The van der Waals surface area contributed by atoms with E-state index in [1.807, 2.05) is 13.8 Å². The van der Waals surface area contributed by atoms with Gasteiger partial charge in [0.2, 0.25) is 0 Å². The maximum Gasteiger partial charge on any atom is 0.153 e. The fraction of sp³-hybridized carbons (Fsp3) is 0.412. The molecule has 0 spiro atoms. The van der Waals surface area contributed by atoms with Gasteiger partial charge in [-0.15, -0.1) is 0 Å². The average molecular weight is 285 g/mol. The highest BCUT2D eigenvalue weighted by Crippen LogP contribution is 2.36. The molecular weight excluding hydrogens is 262 g/mol. The second kappa shape index (κ2) is 6.12. The van der Waals surface area contributed by atoms with Crippen LogP contribution < -0.4 is 10.1 Å². The lowest BCUT2D eigenvalue weighted by molar-refractivity contribution is 0.413. The zero-order valence-electron chi connectivity index (χ0n) is 13.7. The minimum Gasteiger partial charge on any atom is -0.496 e. The average Bonchev–Trinajstić information content (AvgIpc) is 2.46. The van der Waals surface area contributed by atoms with Crippen molar-refractivity contribution in [3.8, 4) is 17.0 Å². The smallest absolute Gasteiger partial charge is 0.153 e. The Hall–Kier alpha value is -2.10. The van der Waals surface area contributed by atoms with Crippen molar-refractivity contribution in [2.24, 2.45) is 0 Å². The topological polar surface area (TPSA) is 47.0 Å². The molecule has 0 saturated heterocycles. The molecule has 0 fully saturated rings.